The van der Waals surface area contributed by atoms with Gasteiger partial charge in [0, 0.05) is 13.5 Å². The lowest BCUT2D eigenvalue weighted by Crippen LogP contribution is -2.23. The van der Waals surface area contributed by atoms with Crippen molar-refractivity contribution < 1.29 is 13.5 Å². The van der Waals surface area contributed by atoms with E-state index in [4.69, 9.17) is 4.74 Å². The van der Waals surface area contributed by atoms with E-state index in [9.17, 15) is 8.78 Å². The second kappa shape index (κ2) is 6.05. The van der Waals surface area contributed by atoms with Crippen molar-refractivity contribution in [3.05, 3.63) is 12.2 Å². The fourth-order valence-corrected chi connectivity index (χ4v) is 0.821. The predicted molar refractivity (Wildman–Crippen MR) is 49.1 cm³/mol. The Labute approximate surface area is 78.0 Å². The normalized spacial score (nSPS) is 15.2. The molecule has 0 aliphatic carbocycles. The first kappa shape index (κ1) is 12.5. The van der Waals surface area contributed by atoms with Gasteiger partial charge in [0.15, 0.2) is 0 Å². The predicted octanol–water partition coefficient (Wildman–Crippen LogP) is 1.82. The molecule has 0 bridgehead atoms. The van der Waals surface area contributed by atoms with E-state index in [2.05, 4.69) is 5.32 Å². The molecule has 0 amide bonds. The van der Waals surface area contributed by atoms with Crippen LogP contribution >= 0.6 is 0 Å². The van der Waals surface area contributed by atoms with Gasteiger partial charge in [-0.3, -0.25) is 0 Å². The van der Waals surface area contributed by atoms with Crippen LogP contribution in [0.1, 0.15) is 13.8 Å². The summed E-state index contributed by atoms with van der Waals surface area (Å²) in [6, 6.07) is 0. The van der Waals surface area contributed by atoms with Crippen molar-refractivity contribution in [3.63, 3.8) is 0 Å². The Bertz CT molecular complexity index is 154. The molecule has 0 fully saturated rings. The molecule has 2 nitrogen and oxygen atoms in total. The van der Waals surface area contributed by atoms with Crippen LogP contribution in [0.25, 0.3) is 0 Å². The molecule has 0 saturated carbocycles. The Hall–Kier alpha value is -0.480. The zero-order chi connectivity index (χ0) is 10.3. The first-order chi connectivity index (χ1) is 5.95. The van der Waals surface area contributed by atoms with Gasteiger partial charge in [-0.2, -0.15) is 0 Å². The Morgan fingerprint density at radius 3 is 2.62 bits per heavy atom. The van der Waals surface area contributed by atoms with Gasteiger partial charge in [-0.1, -0.05) is 6.08 Å². The lowest BCUT2D eigenvalue weighted by Gasteiger charge is -2.10. The van der Waals surface area contributed by atoms with Crippen LogP contribution in [0.2, 0.25) is 0 Å². The zero-order valence-corrected chi connectivity index (χ0v) is 8.31. The van der Waals surface area contributed by atoms with Crippen LogP contribution in [-0.4, -0.2) is 32.2 Å². The molecule has 0 aromatic heterocycles. The number of halogens is 2. The van der Waals surface area contributed by atoms with Gasteiger partial charge >= 0.3 is 0 Å². The molecule has 0 aromatic carbocycles. The minimum absolute atomic E-state index is 0.0418. The molecule has 0 saturated heterocycles. The molecule has 78 valence electrons. The van der Waals surface area contributed by atoms with E-state index in [1.807, 2.05) is 14.0 Å². The Morgan fingerprint density at radius 2 is 2.15 bits per heavy atom. The fraction of sp³-hybridized carbons (Fsp3) is 0.778. The van der Waals surface area contributed by atoms with Crippen molar-refractivity contribution in [1.29, 1.82) is 0 Å². The van der Waals surface area contributed by atoms with E-state index in [0.29, 0.717) is 0 Å². The maximum atomic E-state index is 12.2. The van der Waals surface area contributed by atoms with Crippen molar-refractivity contribution in [2.75, 3.05) is 20.2 Å². The molecule has 0 radical (unpaired) electrons. The highest BCUT2D eigenvalue weighted by Crippen LogP contribution is 2.12. The number of likely N-dealkylation sites (N-methyl/N-ethyl adjacent to an activating group) is 1. The number of allylic oxidation sites excluding steroid dienone is 1. The standard InChI is InChI=1S/C9H17F2NO/c1-8(7-12-3)13-6-4-5-9(2,10)11/h4-5,8,12H,6-7H2,1-3H3. The van der Waals surface area contributed by atoms with Gasteiger partial charge in [-0.25, -0.2) is 8.78 Å². The summed E-state index contributed by atoms with van der Waals surface area (Å²) in [6.45, 7) is 3.68. The summed E-state index contributed by atoms with van der Waals surface area (Å²) in [5, 5.41) is 2.93. The highest BCUT2D eigenvalue weighted by Gasteiger charge is 2.14. The average Bonchev–Trinajstić information content (AvgIpc) is 1.97. The molecule has 0 aromatic rings. The van der Waals surface area contributed by atoms with Gasteiger partial charge in [-0.05, 0) is 20.0 Å². The largest absolute Gasteiger partial charge is 0.373 e. The molecule has 0 rings (SSSR count). The van der Waals surface area contributed by atoms with Gasteiger partial charge < -0.3 is 10.1 Å². The summed E-state index contributed by atoms with van der Waals surface area (Å²) in [5.41, 5.74) is 0. The van der Waals surface area contributed by atoms with Gasteiger partial charge in [0.25, 0.3) is 5.92 Å². The number of hydrogen-bond acceptors (Lipinski definition) is 2. The Kier molecular flexibility index (Phi) is 5.82. The third-order valence-corrected chi connectivity index (χ3v) is 1.38. The second-order valence-electron chi connectivity index (χ2n) is 3.06. The monoisotopic (exact) mass is 193 g/mol. The number of rotatable bonds is 6. The van der Waals surface area contributed by atoms with Crippen LogP contribution in [0.5, 0.6) is 0 Å². The highest BCUT2D eigenvalue weighted by molar-refractivity contribution is 4.91. The Balaban J connectivity index is 3.50. The maximum absolute atomic E-state index is 12.2. The van der Waals surface area contributed by atoms with E-state index in [1.54, 1.807) is 0 Å². The number of hydrogen-bond donors (Lipinski definition) is 1. The van der Waals surface area contributed by atoms with Crippen molar-refractivity contribution in [2.45, 2.75) is 25.9 Å². The molecule has 4 heteroatoms. The van der Waals surface area contributed by atoms with Crippen LogP contribution in [0.4, 0.5) is 8.78 Å². The molecule has 13 heavy (non-hydrogen) atoms. The van der Waals surface area contributed by atoms with Crippen LogP contribution in [0, 0.1) is 0 Å². The van der Waals surface area contributed by atoms with Crippen molar-refractivity contribution >= 4 is 0 Å². The maximum Gasteiger partial charge on any atom is 0.263 e. The van der Waals surface area contributed by atoms with E-state index in [-0.39, 0.29) is 12.7 Å². The van der Waals surface area contributed by atoms with Gasteiger partial charge in [0.05, 0.1) is 12.7 Å². The first-order valence-corrected chi connectivity index (χ1v) is 4.27. The highest BCUT2D eigenvalue weighted by atomic mass is 19.3. The second-order valence-corrected chi connectivity index (χ2v) is 3.06. The van der Waals surface area contributed by atoms with E-state index < -0.39 is 5.92 Å². The van der Waals surface area contributed by atoms with Gasteiger partial charge in [0.2, 0.25) is 0 Å². The number of alkyl halides is 2. The molecule has 0 aliphatic rings. The molecule has 0 heterocycles. The minimum atomic E-state index is -2.74. The molecular formula is C9H17F2NO. The fourth-order valence-electron chi connectivity index (χ4n) is 0.821. The molecule has 0 aliphatic heterocycles. The van der Waals surface area contributed by atoms with Crippen molar-refractivity contribution in [1.82, 2.24) is 5.32 Å². The summed E-state index contributed by atoms with van der Waals surface area (Å²) in [6.07, 6.45) is 2.23. The lowest BCUT2D eigenvalue weighted by atomic mass is 10.3. The SMILES string of the molecule is CNCC(C)OCC=CC(C)(F)F. The quantitative estimate of drug-likeness (QED) is 0.650. The third kappa shape index (κ3) is 9.43. The number of nitrogens with one attached hydrogen (secondary N) is 1. The van der Waals surface area contributed by atoms with Crippen LogP contribution in [-0.2, 0) is 4.74 Å². The lowest BCUT2D eigenvalue weighted by molar-refractivity contribution is 0.0702. The van der Waals surface area contributed by atoms with Crippen LogP contribution < -0.4 is 5.32 Å². The average molecular weight is 193 g/mol. The molecule has 0 spiro atoms. The summed E-state index contributed by atoms with van der Waals surface area (Å²) < 4.78 is 29.7. The summed E-state index contributed by atoms with van der Waals surface area (Å²) in [4.78, 5) is 0. The smallest absolute Gasteiger partial charge is 0.263 e. The van der Waals surface area contributed by atoms with Crippen molar-refractivity contribution in [3.8, 4) is 0 Å². The zero-order valence-electron chi connectivity index (χ0n) is 8.31. The minimum Gasteiger partial charge on any atom is -0.373 e. The molecular weight excluding hydrogens is 176 g/mol. The van der Waals surface area contributed by atoms with E-state index in [1.165, 1.54) is 6.08 Å². The van der Waals surface area contributed by atoms with Crippen molar-refractivity contribution in [2.24, 2.45) is 0 Å². The summed E-state index contributed by atoms with van der Waals surface area (Å²) >= 11 is 0. The summed E-state index contributed by atoms with van der Waals surface area (Å²) in [5.74, 6) is -2.74. The number of ether oxygens (including phenoxy) is 1. The van der Waals surface area contributed by atoms with Gasteiger partial charge in [0.1, 0.15) is 0 Å². The van der Waals surface area contributed by atoms with E-state index in [0.717, 1.165) is 19.5 Å². The molecule has 1 atom stereocenters. The van der Waals surface area contributed by atoms with Crippen LogP contribution in [0.15, 0.2) is 12.2 Å². The molecule has 1 unspecified atom stereocenters. The summed E-state index contributed by atoms with van der Waals surface area (Å²) in [7, 11) is 1.82. The molecule has 1 N–H and O–H groups in total. The first-order valence-electron chi connectivity index (χ1n) is 4.27. The topological polar surface area (TPSA) is 21.3 Å². The third-order valence-electron chi connectivity index (χ3n) is 1.38. The Morgan fingerprint density at radius 1 is 1.54 bits per heavy atom. The van der Waals surface area contributed by atoms with Crippen LogP contribution in [0.3, 0.4) is 0 Å². The van der Waals surface area contributed by atoms with E-state index >= 15 is 0 Å². The van der Waals surface area contributed by atoms with Gasteiger partial charge in [-0.15, -0.1) is 0 Å².